The van der Waals surface area contributed by atoms with Gasteiger partial charge in [0.2, 0.25) is 0 Å². The fourth-order valence-corrected chi connectivity index (χ4v) is 2.13. The van der Waals surface area contributed by atoms with Crippen molar-refractivity contribution in [2.45, 2.75) is 0 Å². The normalized spacial score (nSPS) is 10.9. The molecule has 22 heavy (non-hydrogen) atoms. The van der Waals surface area contributed by atoms with E-state index in [1.807, 2.05) is 42.5 Å². The standard InChI is InChI=1S/C17H14INO3/c1-22-17(21)15(11-12-5-3-2-4-6-12)19-16(20)13-7-9-14(18)10-8-13/h2-11H,1H3,(H,19,20)/b15-11-. The van der Waals surface area contributed by atoms with Crippen molar-refractivity contribution in [1.82, 2.24) is 5.32 Å². The molecule has 112 valence electrons. The first-order valence-electron chi connectivity index (χ1n) is 6.52. The number of carbonyl (C=O) groups excluding carboxylic acids is 2. The molecule has 0 aliphatic heterocycles. The largest absolute Gasteiger partial charge is 0.464 e. The third-order valence-electron chi connectivity index (χ3n) is 2.87. The molecule has 5 heteroatoms. The van der Waals surface area contributed by atoms with Gasteiger partial charge in [0.15, 0.2) is 0 Å². The van der Waals surface area contributed by atoms with E-state index >= 15 is 0 Å². The second-order valence-electron chi connectivity index (χ2n) is 4.42. The van der Waals surface area contributed by atoms with E-state index in [-0.39, 0.29) is 11.6 Å². The van der Waals surface area contributed by atoms with Crippen molar-refractivity contribution >= 4 is 40.5 Å². The summed E-state index contributed by atoms with van der Waals surface area (Å²) in [7, 11) is 1.28. The molecule has 0 saturated carbocycles. The van der Waals surface area contributed by atoms with Crippen LogP contribution in [0.25, 0.3) is 6.08 Å². The summed E-state index contributed by atoms with van der Waals surface area (Å²) < 4.78 is 5.75. The van der Waals surface area contributed by atoms with E-state index in [0.29, 0.717) is 5.56 Å². The Kier molecular flexibility index (Phi) is 5.71. The smallest absolute Gasteiger partial charge is 0.354 e. The summed E-state index contributed by atoms with van der Waals surface area (Å²) in [4.78, 5) is 24.0. The van der Waals surface area contributed by atoms with Crippen LogP contribution in [0.3, 0.4) is 0 Å². The van der Waals surface area contributed by atoms with Crippen LogP contribution in [0.5, 0.6) is 0 Å². The molecule has 0 spiro atoms. The second kappa shape index (κ2) is 7.74. The maximum absolute atomic E-state index is 12.2. The van der Waals surface area contributed by atoms with Crippen LogP contribution in [-0.2, 0) is 9.53 Å². The Bertz CT molecular complexity index is 694. The Morgan fingerprint density at radius 1 is 1.05 bits per heavy atom. The van der Waals surface area contributed by atoms with Crippen LogP contribution in [0.2, 0.25) is 0 Å². The second-order valence-corrected chi connectivity index (χ2v) is 5.67. The van der Waals surface area contributed by atoms with E-state index in [0.717, 1.165) is 9.13 Å². The third-order valence-corrected chi connectivity index (χ3v) is 3.59. The number of amides is 1. The lowest BCUT2D eigenvalue weighted by Crippen LogP contribution is -2.28. The van der Waals surface area contributed by atoms with Crippen LogP contribution in [-0.4, -0.2) is 19.0 Å². The minimum absolute atomic E-state index is 0.0947. The van der Waals surface area contributed by atoms with Crippen LogP contribution in [0, 0.1) is 3.57 Å². The van der Waals surface area contributed by atoms with Gasteiger partial charge in [-0.3, -0.25) is 4.79 Å². The number of rotatable bonds is 4. The molecule has 0 aliphatic rings. The number of hydrogen-bond donors (Lipinski definition) is 1. The molecule has 1 N–H and O–H groups in total. The molecule has 0 heterocycles. The molecule has 2 aromatic rings. The average molecular weight is 407 g/mol. The van der Waals surface area contributed by atoms with E-state index in [9.17, 15) is 9.59 Å². The highest BCUT2D eigenvalue weighted by molar-refractivity contribution is 14.1. The quantitative estimate of drug-likeness (QED) is 0.481. The van der Waals surface area contributed by atoms with Gasteiger partial charge < -0.3 is 10.1 Å². The van der Waals surface area contributed by atoms with Gasteiger partial charge >= 0.3 is 5.97 Å². The monoisotopic (exact) mass is 407 g/mol. The molecule has 2 aromatic carbocycles. The highest BCUT2D eigenvalue weighted by Crippen LogP contribution is 2.10. The summed E-state index contributed by atoms with van der Waals surface area (Å²) in [6.07, 6.45) is 1.58. The summed E-state index contributed by atoms with van der Waals surface area (Å²) in [5, 5.41) is 2.60. The number of esters is 1. The maximum atomic E-state index is 12.2. The first kappa shape index (κ1) is 16.2. The lowest BCUT2D eigenvalue weighted by molar-refractivity contribution is -0.136. The molecule has 0 aromatic heterocycles. The zero-order valence-electron chi connectivity index (χ0n) is 11.9. The summed E-state index contributed by atoms with van der Waals surface area (Å²) in [5.74, 6) is -0.952. The van der Waals surface area contributed by atoms with Gasteiger partial charge in [0.05, 0.1) is 7.11 Å². The lowest BCUT2D eigenvalue weighted by Gasteiger charge is -2.08. The van der Waals surface area contributed by atoms with E-state index in [1.165, 1.54) is 7.11 Å². The van der Waals surface area contributed by atoms with Gasteiger partial charge in [-0.2, -0.15) is 0 Å². The van der Waals surface area contributed by atoms with E-state index < -0.39 is 5.97 Å². The van der Waals surface area contributed by atoms with Crippen LogP contribution in [0.1, 0.15) is 15.9 Å². The van der Waals surface area contributed by atoms with E-state index in [1.54, 1.807) is 18.2 Å². The number of hydrogen-bond acceptors (Lipinski definition) is 3. The van der Waals surface area contributed by atoms with Gasteiger partial charge in [-0.25, -0.2) is 4.79 Å². The molecule has 0 radical (unpaired) electrons. The van der Waals surface area contributed by atoms with Gasteiger partial charge in [0, 0.05) is 9.13 Å². The Balaban J connectivity index is 2.24. The fraction of sp³-hybridized carbons (Fsp3) is 0.0588. The van der Waals surface area contributed by atoms with Gasteiger partial charge in [0.25, 0.3) is 5.91 Å². The van der Waals surface area contributed by atoms with Crippen molar-refractivity contribution in [2.24, 2.45) is 0 Å². The Morgan fingerprint density at radius 3 is 2.27 bits per heavy atom. The maximum Gasteiger partial charge on any atom is 0.354 e. The topological polar surface area (TPSA) is 55.4 Å². The van der Waals surface area contributed by atoms with Crippen LogP contribution in [0.15, 0.2) is 60.3 Å². The lowest BCUT2D eigenvalue weighted by atomic mass is 10.1. The number of carbonyl (C=O) groups is 2. The molecular formula is C17H14INO3. The van der Waals surface area contributed by atoms with Gasteiger partial charge in [-0.15, -0.1) is 0 Å². The van der Waals surface area contributed by atoms with Crippen molar-refractivity contribution in [2.75, 3.05) is 7.11 Å². The number of methoxy groups -OCH3 is 1. The Hall–Kier alpha value is -2.15. The molecule has 0 fully saturated rings. The first-order valence-corrected chi connectivity index (χ1v) is 7.60. The molecule has 2 rings (SSSR count). The van der Waals surface area contributed by atoms with Crippen LogP contribution in [0.4, 0.5) is 0 Å². The molecule has 1 amide bonds. The minimum Gasteiger partial charge on any atom is -0.464 e. The number of ether oxygens (including phenoxy) is 1. The first-order chi connectivity index (χ1) is 10.6. The zero-order valence-corrected chi connectivity index (χ0v) is 14.0. The van der Waals surface area contributed by atoms with Gasteiger partial charge in [-0.1, -0.05) is 30.3 Å². The van der Waals surface area contributed by atoms with Crippen LogP contribution >= 0.6 is 22.6 Å². The summed E-state index contributed by atoms with van der Waals surface area (Å²) in [5.41, 5.74) is 1.37. The van der Waals surface area contributed by atoms with E-state index in [4.69, 9.17) is 4.74 Å². The van der Waals surface area contributed by atoms with Crippen molar-refractivity contribution in [3.8, 4) is 0 Å². The van der Waals surface area contributed by atoms with Crippen molar-refractivity contribution < 1.29 is 14.3 Å². The molecule has 0 unspecified atom stereocenters. The van der Waals surface area contributed by atoms with Crippen LogP contribution < -0.4 is 5.32 Å². The SMILES string of the molecule is COC(=O)/C(=C/c1ccccc1)NC(=O)c1ccc(I)cc1. The fourth-order valence-electron chi connectivity index (χ4n) is 1.77. The minimum atomic E-state index is -0.595. The number of halogens is 1. The Labute approximate surface area is 142 Å². The van der Waals surface area contributed by atoms with E-state index in [2.05, 4.69) is 27.9 Å². The molecule has 0 atom stereocenters. The van der Waals surface area contributed by atoms with Crippen molar-refractivity contribution in [3.05, 3.63) is 75.0 Å². The molecule has 0 bridgehead atoms. The predicted molar refractivity (Wildman–Crippen MR) is 93.1 cm³/mol. The summed E-state index contributed by atoms with van der Waals surface area (Å²) in [6, 6.07) is 16.3. The summed E-state index contributed by atoms with van der Waals surface area (Å²) in [6.45, 7) is 0. The molecule has 0 saturated heterocycles. The highest BCUT2D eigenvalue weighted by Gasteiger charge is 2.14. The third kappa shape index (κ3) is 4.42. The molecular weight excluding hydrogens is 393 g/mol. The number of benzene rings is 2. The van der Waals surface area contributed by atoms with Gasteiger partial charge in [0.1, 0.15) is 5.70 Å². The molecule has 0 aliphatic carbocycles. The van der Waals surface area contributed by atoms with Gasteiger partial charge in [-0.05, 0) is 58.5 Å². The number of nitrogens with one attached hydrogen (secondary N) is 1. The molecule has 4 nitrogen and oxygen atoms in total. The highest BCUT2D eigenvalue weighted by atomic mass is 127. The average Bonchev–Trinajstić information content (AvgIpc) is 2.55. The van der Waals surface area contributed by atoms with Crippen molar-refractivity contribution in [3.63, 3.8) is 0 Å². The summed E-state index contributed by atoms with van der Waals surface area (Å²) >= 11 is 2.16. The van der Waals surface area contributed by atoms with Crippen molar-refractivity contribution in [1.29, 1.82) is 0 Å². The predicted octanol–water partition coefficient (Wildman–Crippen LogP) is 3.24. The zero-order chi connectivity index (χ0) is 15.9. The Morgan fingerprint density at radius 2 is 1.68 bits per heavy atom.